The predicted molar refractivity (Wildman–Crippen MR) is 86.7 cm³/mol. The van der Waals surface area contributed by atoms with Gasteiger partial charge in [-0.1, -0.05) is 26.2 Å². The summed E-state index contributed by atoms with van der Waals surface area (Å²) in [6.07, 6.45) is 5.45. The normalized spacial score (nSPS) is 23.8. The van der Waals surface area contributed by atoms with E-state index in [-0.39, 0.29) is 36.4 Å². The molecule has 0 bridgehead atoms. The number of aromatic hydroxyl groups is 1. The van der Waals surface area contributed by atoms with E-state index in [0.717, 1.165) is 25.7 Å². The minimum atomic E-state index is -0.0580. The molecule has 1 aliphatic carbocycles. The van der Waals surface area contributed by atoms with Crippen molar-refractivity contribution in [2.75, 3.05) is 11.9 Å². The number of amides is 1. The molecule has 0 radical (unpaired) electrons. The third-order valence-corrected chi connectivity index (χ3v) is 4.95. The largest absolute Gasteiger partial charge is 0.507 e. The highest BCUT2D eigenvalue weighted by Gasteiger charge is 2.27. The number of benzene rings is 1. The number of phenolic OH excluding ortho intramolecular Hbond substituents is 1. The number of Topliss-reactive ketones (excluding diaryl/α,β-unsaturated/α-hetero) is 1. The Balaban J connectivity index is 1.71. The van der Waals surface area contributed by atoms with E-state index in [4.69, 9.17) is 4.74 Å². The fraction of sp³-hybridized carbons (Fsp3) is 0.556. The van der Waals surface area contributed by atoms with Crippen molar-refractivity contribution in [3.8, 4) is 11.5 Å². The number of rotatable bonds is 3. The number of ketones is 1. The van der Waals surface area contributed by atoms with Crippen LogP contribution in [-0.2, 0) is 16.0 Å². The van der Waals surface area contributed by atoms with Crippen LogP contribution in [0.2, 0.25) is 0 Å². The van der Waals surface area contributed by atoms with Gasteiger partial charge in [-0.2, -0.15) is 0 Å². The summed E-state index contributed by atoms with van der Waals surface area (Å²) in [5.74, 6) is 1.10. The zero-order valence-corrected chi connectivity index (χ0v) is 13.4. The molecular formula is C18H23NO4. The van der Waals surface area contributed by atoms with Crippen LogP contribution in [0.5, 0.6) is 11.5 Å². The first-order valence-electron chi connectivity index (χ1n) is 8.38. The average molecular weight is 317 g/mol. The van der Waals surface area contributed by atoms with E-state index >= 15 is 0 Å². The lowest BCUT2D eigenvalue weighted by Gasteiger charge is -2.27. The molecule has 124 valence electrons. The molecule has 5 heteroatoms. The van der Waals surface area contributed by atoms with E-state index in [1.807, 2.05) is 0 Å². The first kappa shape index (κ1) is 15.8. The van der Waals surface area contributed by atoms with Crippen molar-refractivity contribution in [1.82, 2.24) is 0 Å². The SMILES string of the molecule is CCC1CCCC(C(=O)Nc2cc(O)c3c(c2)OCC(=O)C3)C1. The fourth-order valence-corrected chi connectivity index (χ4v) is 3.56. The van der Waals surface area contributed by atoms with Gasteiger partial charge in [0, 0.05) is 35.7 Å². The molecule has 2 aliphatic rings. The molecule has 23 heavy (non-hydrogen) atoms. The molecule has 3 rings (SSSR count). The van der Waals surface area contributed by atoms with Crippen LogP contribution in [0, 0.1) is 11.8 Å². The first-order valence-corrected chi connectivity index (χ1v) is 8.38. The Morgan fingerprint density at radius 1 is 1.39 bits per heavy atom. The number of nitrogens with one attached hydrogen (secondary N) is 1. The number of phenols is 1. The van der Waals surface area contributed by atoms with Crippen molar-refractivity contribution < 1.29 is 19.4 Å². The molecule has 1 saturated carbocycles. The van der Waals surface area contributed by atoms with Crippen LogP contribution >= 0.6 is 0 Å². The van der Waals surface area contributed by atoms with Crippen LogP contribution in [0.1, 0.15) is 44.6 Å². The number of carbonyl (C=O) groups is 2. The number of hydrogen-bond donors (Lipinski definition) is 2. The lowest BCUT2D eigenvalue weighted by molar-refractivity contribution is -0.122. The van der Waals surface area contributed by atoms with Gasteiger partial charge >= 0.3 is 0 Å². The summed E-state index contributed by atoms with van der Waals surface area (Å²) in [5, 5.41) is 13.0. The molecule has 0 spiro atoms. The molecular weight excluding hydrogens is 294 g/mol. The second-order valence-corrected chi connectivity index (χ2v) is 6.60. The van der Waals surface area contributed by atoms with E-state index in [2.05, 4.69) is 12.2 Å². The number of anilines is 1. The van der Waals surface area contributed by atoms with Crippen LogP contribution in [0.15, 0.2) is 12.1 Å². The monoisotopic (exact) mass is 317 g/mol. The predicted octanol–water partition coefficient (Wildman–Crippen LogP) is 3.05. The zero-order chi connectivity index (χ0) is 16.4. The van der Waals surface area contributed by atoms with Crippen LogP contribution in [0.3, 0.4) is 0 Å². The quantitative estimate of drug-likeness (QED) is 0.898. The number of carbonyl (C=O) groups excluding carboxylic acids is 2. The fourth-order valence-electron chi connectivity index (χ4n) is 3.56. The van der Waals surface area contributed by atoms with Gasteiger partial charge in [-0.3, -0.25) is 9.59 Å². The number of hydrogen-bond acceptors (Lipinski definition) is 4. The molecule has 2 atom stereocenters. The van der Waals surface area contributed by atoms with Crippen LogP contribution < -0.4 is 10.1 Å². The van der Waals surface area contributed by atoms with Crippen LogP contribution in [0.4, 0.5) is 5.69 Å². The van der Waals surface area contributed by atoms with Crippen molar-refractivity contribution in [2.24, 2.45) is 11.8 Å². The van der Waals surface area contributed by atoms with Gasteiger partial charge in [-0.05, 0) is 18.8 Å². The van der Waals surface area contributed by atoms with Crippen LogP contribution in [-0.4, -0.2) is 23.4 Å². The standard InChI is InChI=1S/C18H23NO4/c1-2-11-4-3-5-12(6-11)18(22)19-13-7-16(21)15-9-14(20)10-23-17(15)8-13/h7-8,11-12,21H,2-6,9-10H2,1H3,(H,19,22). The van der Waals surface area contributed by atoms with Crippen molar-refractivity contribution >= 4 is 17.4 Å². The van der Waals surface area contributed by atoms with Crippen molar-refractivity contribution in [1.29, 1.82) is 0 Å². The summed E-state index contributed by atoms with van der Waals surface area (Å²) in [6, 6.07) is 3.19. The van der Waals surface area contributed by atoms with Gasteiger partial charge in [0.25, 0.3) is 0 Å². The smallest absolute Gasteiger partial charge is 0.227 e. The van der Waals surface area contributed by atoms with E-state index in [0.29, 0.717) is 22.9 Å². The van der Waals surface area contributed by atoms with E-state index < -0.39 is 0 Å². The van der Waals surface area contributed by atoms with Crippen molar-refractivity contribution in [2.45, 2.75) is 45.4 Å². The lowest BCUT2D eigenvalue weighted by atomic mass is 9.80. The molecule has 0 saturated heterocycles. The van der Waals surface area contributed by atoms with Gasteiger partial charge in [0.15, 0.2) is 5.78 Å². The highest BCUT2D eigenvalue weighted by Crippen LogP contribution is 2.36. The molecule has 0 aromatic heterocycles. The van der Waals surface area contributed by atoms with Gasteiger partial charge in [0.1, 0.15) is 18.1 Å². The Morgan fingerprint density at radius 2 is 2.22 bits per heavy atom. The highest BCUT2D eigenvalue weighted by molar-refractivity contribution is 5.93. The molecule has 1 amide bonds. The third-order valence-electron chi connectivity index (χ3n) is 4.95. The maximum atomic E-state index is 12.5. The lowest BCUT2D eigenvalue weighted by Crippen LogP contribution is -2.28. The maximum absolute atomic E-state index is 12.5. The Hall–Kier alpha value is -2.04. The van der Waals surface area contributed by atoms with Gasteiger partial charge in [0.05, 0.1) is 0 Å². The second kappa shape index (κ2) is 6.60. The van der Waals surface area contributed by atoms with E-state index in [9.17, 15) is 14.7 Å². The first-order chi connectivity index (χ1) is 11.1. The Morgan fingerprint density at radius 3 is 3.00 bits per heavy atom. The van der Waals surface area contributed by atoms with E-state index in [1.165, 1.54) is 12.5 Å². The van der Waals surface area contributed by atoms with Gasteiger partial charge in [-0.15, -0.1) is 0 Å². The molecule has 1 aromatic carbocycles. The number of fused-ring (bicyclic) bond motifs is 1. The molecule has 1 heterocycles. The summed E-state index contributed by atoms with van der Waals surface area (Å²) in [6.45, 7) is 2.19. The van der Waals surface area contributed by atoms with Crippen molar-refractivity contribution in [3.05, 3.63) is 17.7 Å². The summed E-state index contributed by atoms with van der Waals surface area (Å²) < 4.78 is 5.36. The third kappa shape index (κ3) is 3.49. The highest BCUT2D eigenvalue weighted by atomic mass is 16.5. The Bertz CT molecular complexity index is 626. The Kier molecular flexibility index (Phi) is 4.55. The minimum Gasteiger partial charge on any atom is -0.507 e. The van der Waals surface area contributed by atoms with Gasteiger partial charge in [-0.25, -0.2) is 0 Å². The number of ether oxygens (including phenoxy) is 1. The molecule has 2 N–H and O–H groups in total. The minimum absolute atomic E-state index is 0.000860. The van der Waals surface area contributed by atoms with Gasteiger partial charge in [0.2, 0.25) is 5.91 Å². The summed E-state index contributed by atoms with van der Waals surface area (Å²) >= 11 is 0. The maximum Gasteiger partial charge on any atom is 0.227 e. The zero-order valence-electron chi connectivity index (χ0n) is 13.4. The molecule has 1 aromatic rings. The summed E-state index contributed by atoms with van der Waals surface area (Å²) in [4.78, 5) is 23.9. The van der Waals surface area contributed by atoms with Crippen LogP contribution in [0.25, 0.3) is 0 Å². The van der Waals surface area contributed by atoms with Gasteiger partial charge < -0.3 is 15.2 Å². The summed E-state index contributed by atoms with van der Waals surface area (Å²) in [7, 11) is 0. The Labute approximate surface area is 136 Å². The van der Waals surface area contributed by atoms with E-state index in [1.54, 1.807) is 6.07 Å². The average Bonchev–Trinajstić information content (AvgIpc) is 2.55. The summed E-state index contributed by atoms with van der Waals surface area (Å²) in [5.41, 5.74) is 1.03. The van der Waals surface area contributed by atoms with Crippen molar-refractivity contribution in [3.63, 3.8) is 0 Å². The molecule has 1 aliphatic heterocycles. The topological polar surface area (TPSA) is 75.6 Å². The molecule has 5 nitrogen and oxygen atoms in total. The molecule has 2 unspecified atom stereocenters. The molecule has 1 fully saturated rings. The second-order valence-electron chi connectivity index (χ2n) is 6.60.